The van der Waals surface area contributed by atoms with Crippen LogP contribution >= 0.6 is 15.9 Å². The Hall–Kier alpha value is -1.28. The highest BCUT2D eigenvalue weighted by Gasteiger charge is 2.25. The summed E-state index contributed by atoms with van der Waals surface area (Å²) in [5.74, 6) is 1.54. The quantitative estimate of drug-likeness (QED) is 0.812. The monoisotopic (exact) mass is 302 g/mol. The van der Waals surface area contributed by atoms with E-state index in [0.29, 0.717) is 5.92 Å². The van der Waals surface area contributed by atoms with Gasteiger partial charge >= 0.3 is 0 Å². The van der Waals surface area contributed by atoms with Crippen LogP contribution in [-0.2, 0) is 6.42 Å². The van der Waals surface area contributed by atoms with Crippen molar-refractivity contribution in [3.05, 3.63) is 63.6 Å². The van der Waals surface area contributed by atoms with Gasteiger partial charge in [-0.05, 0) is 42.2 Å². The van der Waals surface area contributed by atoms with Crippen molar-refractivity contribution in [2.24, 2.45) is 0 Å². The Morgan fingerprint density at radius 2 is 2.06 bits per heavy atom. The minimum Gasteiger partial charge on any atom is -0.493 e. The lowest BCUT2D eigenvalue weighted by molar-refractivity contribution is 0.273. The standard InChI is InChI=1S/C16H15BrO/c1-11-6-7-14(17)9-16(11)18-10-13-8-12-4-2-3-5-15(12)13/h2-7,9,13H,8,10H2,1H3. The number of rotatable bonds is 3. The third-order valence-electron chi connectivity index (χ3n) is 3.55. The molecule has 2 aromatic carbocycles. The van der Waals surface area contributed by atoms with Crippen LogP contribution in [-0.4, -0.2) is 6.61 Å². The summed E-state index contributed by atoms with van der Waals surface area (Å²) in [4.78, 5) is 0. The summed E-state index contributed by atoms with van der Waals surface area (Å²) in [5.41, 5.74) is 4.10. The predicted octanol–water partition coefficient (Wildman–Crippen LogP) is 4.48. The van der Waals surface area contributed by atoms with Gasteiger partial charge in [0.15, 0.2) is 0 Å². The largest absolute Gasteiger partial charge is 0.493 e. The van der Waals surface area contributed by atoms with Crippen molar-refractivity contribution in [2.45, 2.75) is 19.3 Å². The lowest BCUT2D eigenvalue weighted by atomic mass is 9.78. The van der Waals surface area contributed by atoms with Crippen LogP contribution in [0.3, 0.4) is 0 Å². The molecule has 0 saturated carbocycles. The molecule has 0 N–H and O–H groups in total. The first-order valence-corrected chi connectivity index (χ1v) is 7.00. The number of fused-ring (bicyclic) bond motifs is 1. The van der Waals surface area contributed by atoms with Gasteiger partial charge in [-0.25, -0.2) is 0 Å². The molecule has 0 spiro atoms. The molecule has 0 fully saturated rings. The van der Waals surface area contributed by atoms with Gasteiger partial charge in [-0.1, -0.05) is 46.3 Å². The smallest absolute Gasteiger partial charge is 0.123 e. The molecule has 0 saturated heterocycles. The summed E-state index contributed by atoms with van der Waals surface area (Å²) in [6, 6.07) is 14.8. The number of ether oxygens (including phenoxy) is 1. The van der Waals surface area contributed by atoms with E-state index >= 15 is 0 Å². The van der Waals surface area contributed by atoms with Gasteiger partial charge in [-0.3, -0.25) is 0 Å². The number of aryl methyl sites for hydroxylation is 1. The zero-order valence-corrected chi connectivity index (χ0v) is 11.9. The van der Waals surface area contributed by atoms with Gasteiger partial charge in [0.2, 0.25) is 0 Å². The fraction of sp³-hybridized carbons (Fsp3) is 0.250. The van der Waals surface area contributed by atoms with Gasteiger partial charge in [0.05, 0.1) is 6.61 Å². The molecular formula is C16H15BrO. The molecule has 18 heavy (non-hydrogen) atoms. The lowest BCUT2D eigenvalue weighted by Crippen LogP contribution is -2.23. The van der Waals surface area contributed by atoms with Crippen LogP contribution in [0.1, 0.15) is 22.6 Å². The second-order valence-corrected chi connectivity index (χ2v) is 5.74. The molecule has 1 atom stereocenters. The number of hydrogen-bond acceptors (Lipinski definition) is 1. The highest BCUT2D eigenvalue weighted by molar-refractivity contribution is 9.10. The molecule has 0 bridgehead atoms. The summed E-state index contributed by atoms with van der Waals surface area (Å²) >= 11 is 3.48. The van der Waals surface area contributed by atoms with Crippen molar-refractivity contribution in [3.8, 4) is 5.75 Å². The molecule has 3 rings (SSSR count). The maximum absolute atomic E-state index is 5.95. The van der Waals surface area contributed by atoms with E-state index in [1.807, 2.05) is 12.1 Å². The number of hydrogen-bond donors (Lipinski definition) is 0. The van der Waals surface area contributed by atoms with Crippen molar-refractivity contribution in [2.75, 3.05) is 6.61 Å². The van der Waals surface area contributed by atoms with Gasteiger partial charge in [-0.15, -0.1) is 0 Å². The van der Waals surface area contributed by atoms with Crippen LogP contribution in [0.5, 0.6) is 5.75 Å². The van der Waals surface area contributed by atoms with E-state index in [2.05, 4.69) is 53.2 Å². The Bertz CT molecular complexity index is 577. The second kappa shape index (κ2) is 4.77. The Morgan fingerprint density at radius 3 is 2.89 bits per heavy atom. The lowest BCUT2D eigenvalue weighted by Gasteiger charge is -2.30. The summed E-state index contributed by atoms with van der Waals surface area (Å²) in [7, 11) is 0. The zero-order valence-electron chi connectivity index (χ0n) is 10.3. The molecule has 0 aromatic heterocycles. The number of benzene rings is 2. The third-order valence-corrected chi connectivity index (χ3v) is 4.04. The Labute approximate surface area is 116 Å². The molecule has 0 amide bonds. The first kappa shape index (κ1) is 11.8. The van der Waals surface area contributed by atoms with E-state index in [0.717, 1.165) is 23.2 Å². The van der Waals surface area contributed by atoms with E-state index in [4.69, 9.17) is 4.74 Å². The summed E-state index contributed by atoms with van der Waals surface area (Å²) in [5, 5.41) is 0. The first-order chi connectivity index (χ1) is 8.74. The topological polar surface area (TPSA) is 9.23 Å². The Balaban J connectivity index is 1.68. The molecule has 1 aliphatic carbocycles. The molecule has 0 heterocycles. The number of halogens is 1. The second-order valence-electron chi connectivity index (χ2n) is 4.82. The molecule has 2 aromatic rings. The van der Waals surface area contributed by atoms with Crippen molar-refractivity contribution in [1.29, 1.82) is 0 Å². The van der Waals surface area contributed by atoms with Gasteiger partial charge in [-0.2, -0.15) is 0 Å². The fourth-order valence-electron chi connectivity index (χ4n) is 2.43. The molecule has 92 valence electrons. The van der Waals surface area contributed by atoms with Crippen molar-refractivity contribution >= 4 is 15.9 Å². The molecule has 1 unspecified atom stereocenters. The third kappa shape index (κ3) is 2.17. The van der Waals surface area contributed by atoms with Crippen LogP contribution in [0.15, 0.2) is 46.9 Å². The molecule has 0 radical (unpaired) electrons. The van der Waals surface area contributed by atoms with Gasteiger partial charge in [0.25, 0.3) is 0 Å². The van der Waals surface area contributed by atoms with Crippen molar-refractivity contribution in [1.82, 2.24) is 0 Å². The highest BCUT2D eigenvalue weighted by Crippen LogP contribution is 2.35. The van der Waals surface area contributed by atoms with E-state index < -0.39 is 0 Å². The van der Waals surface area contributed by atoms with Crippen LogP contribution in [0.25, 0.3) is 0 Å². The van der Waals surface area contributed by atoms with E-state index in [1.54, 1.807) is 0 Å². The summed E-state index contributed by atoms with van der Waals surface area (Å²) in [6.45, 7) is 2.85. The summed E-state index contributed by atoms with van der Waals surface area (Å²) in [6.07, 6.45) is 1.14. The van der Waals surface area contributed by atoms with Gasteiger partial charge in [0, 0.05) is 10.4 Å². The minimum atomic E-state index is 0.555. The van der Waals surface area contributed by atoms with E-state index in [1.165, 1.54) is 16.7 Å². The van der Waals surface area contributed by atoms with Crippen molar-refractivity contribution in [3.63, 3.8) is 0 Å². The minimum absolute atomic E-state index is 0.555. The average molecular weight is 303 g/mol. The molecule has 1 nitrogen and oxygen atoms in total. The molecule has 0 aliphatic heterocycles. The maximum Gasteiger partial charge on any atom is 0.123 e. The molecule has 2 heteroatoms. The predicted molar refractivity (Wildman–Crippen MR) is 77.3 cm³/mol. The first-order valence-electron chi connectivity index (χ1n) is 6.21. The van der Waals surface area contributed by atoms with Crippen LogP contribution in [0.2, 0.25) is 0 Å². The van der Waals surface area contributed by atoms with Crippen molar-refractivity contribution < 1.29 is 4.74 Å². The van der Waals surface area contributed by atoms with E-state index in [9.17, 15) is 0 Å². The molecule has 1 aliphatic rings. The van der Waals surface area contributed by atoms with Gasteiger partial charge < -0.3 is 4.74 Å². The zero-order chi connectivity index (χ0) is 12.5. The Morgan fingerprint density at radius 1 is 1.22 bits per heavy atom. The summed E-state index contributed by atoms with van der Waals surface area (Å²) < 4.78 is 7.02. The SMILES string of the molecule is Cc1ccc(Br)cc1OCC1Cc2ccccc21. The maximum atomic E-state index is 5.95. The van der Waals surface area contributed by atoms with Crippen LogP contribution in [0.4, 0.5) is 0 Å². The highest BCUT2D eigenvalue weighted by atomic mass is 79.9. The molecular weight excluding hydrogens is 288 g/mol. The van der Waals surface area contributed by atoms with Crippen LogP contribution < -0.4 is 4.74 Å². The normalized spacial score (nSPS) is 16.9. The fourth-order valence-corrected chi connectivity index (χ4v) is 2.77. The van der Waals surface area contributed by atoms with E-state index in [-0.39, 0.29) is 0 Å². The van der Waals surface area contributed by atoms with Crippen LogP contribution in [0, 0.1) is 6.92 Å². The Kier molecular flexibility index (Phi) is 3.13. The van der Waals surface area contributed by atoms with Gasteiger partial charge in [0.1, 0.15) is 5.75 Å². The average Bonchev–Trinajstić information content (AvgIpc) is 2.34.